The molecule has 2 aromatic carbocycles. The summed E-state index contributed by atoms with van der Waals surface area (Å²) < 4.78 is 6.55. The van der Waals surface area contributed by atoms with Crippen molar-refractivity contribution in [3.8, 4) is 5.75 Å². The van der Waals surface area contributed by atoms with Gasteiger partial charge in [-0.15, -0.1) is 0 Å². The highest BCUT2D eigenvalue weighted by molar-refractivity contribution is 5.84. The van der Waals surface area contributed by atoms with Gasteiger partial charge in [-0.1, -0.05) is 36.4 Å². The molecule has 8 heteroatoms. The fourth-order valence-corrected chi connectivity index (χ4v) is 3.53. The average molecular weight is 444 g/mol. The maximum absolute atomic E-state index is 12.9. The zero-order valence-electron chi connectivity index (χ0n) is 18.3. The predicted molar refractivity (Wildman–Crippen MR) is 126 cm³/mol. The molecule has 2 amide bonds. The van der Waals surface area contributed by atoms with E-state index in [2.05, 4.69) is 20.7 Å². The van der Waals surface area contributed by atoms with E-state index < -0.39 is 0 Å². The number of nitrogens with one attached hydrogen (secondary N) is 2. The zero-order valence-corrected chi connectivity index (χ0v) is 18.3. The Bertz CT molecular complexity index is 1290. The molecule has 2 heterocycles. The third kappa shape index (κ3) is 5.54. The molecule has 0 fully saturated rings. The predicted octanol–water partition coefficient (Wildman–Crippen LogP) is 2.89. The Morgan fingerprint density at radius 3 is 2.45 bits per heavy atom. The molecule has 8 nitrogen and oxygen atoms in total. The highest BCUT2D eigenvalue weighted by Crippen LogP contribution is 2.14. The van der Waals surface area contributed by atoms with Gasteiger partial charge in [-0.05, 0) is 42.3 Å². The monoisotopic (exact) mass is 443 g/mol. The molecule has 33 heavy (non-hydrogen) atoms. The number of methoxy groups -OCH3 is 1. The highest BCUT2D eigenvalue weighted by atomic mass is 16.5. The first kappa shape index (κ1) is 22.0. The Morgan fingerprint density at radius 1 is 0.970 bits per heavy atom. The average Bonchev–Trinajstić information content (AvgIpc) is 2.86. The van der Waals surface area contributed by atoms with Gasteiger partial charge in [0.25, 0.3) is 5.56 Å². The first-order valence-corrected chi connectivity index (χ1v) is 10.7. The molecule has 0 saturated carbocycles. The van der Waals surface area contributed by atoms with Crippen molar-refractivity contribution in [2.75, 3.05) is 13.7 Å². The van der Waals surface area contributed by atoms with Gasteiger partial charge in [-0.25, -0.2) is 9.48 Å². The molecule has 0 saturated heterocycles. The van der Waals surface area contributed by atoms with Crippen molar-refractivity contribution in [3.05, 3.63) is 100 Å². The number of pyridine rings is 1. The van der Waals surface area contributed by atoms with E-state index in [1.54, 1.807) is 19.4 Å². The molecule has 0 aliphatic heterocycles. The van der Waals surface area contributed by atoms with Crippen LogP contribution < -0.4 is 20.9 Å². The second-order valence-electron chi connectivity index (χ2n) is 7.48. The molecular formula is C25H25N5O3. The first-order chi connectivity index (χ1) is 16.1. The van der Waals surface area contributed by atoms with Crippen LogP contribution >= 0.6 is 0 Å². The van der Waals surface area contributed by atoms with Crippen LogP contribution in [0.3, 0.4) is 0 Å². The molecule has 0 spiro atoms. The van der Waals surface area contributed by atoms with Crippen LogP contribution in [-0.4, -0.2) is 34.5 Å². The van der Waals surface area contributed by atoms with Crippen molar-refractivity contribution >= 4 is 16.8 Å². The lowest BCUT2D eigenvalue weighted by atomic mass is 10.1. The van der Waals surface area contributed by atoms with Gasteiger partial charge in [0.2, 0.25) is 0 Å². The molecule has 2 aromatic heterocycles. The number of amides is 2. The van der Waals surface area contributed by atoms with Crippen molar-refractivity contribution in [3.63, 3.8) is 0 Å². The number of nitrogens with zero attached hydrogens (tertiary/aromatic N) is 3. The van der Waals surface area contributed by atoms with E-state index in [1.807, 2.05) is 60.7 Å². The minimum atomic E-state index is -0.295. The number of aromatic nitrogens is 3. The zero-order chi connectivity index (χ0) is 23.0. The van der Waals surface area contributed by atoms with Gasteiger partial charge in [0.05, 0.1) is 37.0 Å². The van der Waals surface area contributed by atoms with Crippen molar-refractivity contribution in [2.45, 2.75) is 19.5 Å². The van der Waals surface area contributed by atoms with E-state index in [-0.39, 0.29) is 24.7 Å². The SMILES string of the molecule is COc1ccc(CCNC(=O)NCc2nn(Cc3ccccn3)c(=O)c3ccccc23)cc1. The fourth-order valence-electron chi connectivity index (χ4n) is 3.53. The summed E-state index contributed by atoms with van der Waals surface area (Å²) in [6, 6.07) is 20.3. The van der Waals surface area contributed by atoms with Crippen LogP contribution in [0.15, 0.2) is 77.7 Å². The number of rotatable bonds is 8. The fraction of sp³-hybridized carbons (Fsp3) is 0.200. The van der Waals surface area contributed by atoms with E-state index >= 15 is 0 Å². The summed E-state index contributed by atoms with van der Waals surface area (Å²) in [5.41, 5.74) is 2.26. The summed E-state index contributed by atoms with van der Waals surface area (Å²) in [5, 5.41) is 11.5. The number of ether oxygens (including phenoxy) is 1. The lowest BCUT2D eigenvalue weighted by Crippen LogP contribution is -2.37. The topological polar surface area (TPSA) is 98.1 Å². The molecule has 2 N–H and O–H groups in total. The summed E-state index contributed by atoms with van der Waals surface area (Å²) in [5.74, 6) is 0.800. The van der Waals surface area contributed by atoms with Crippen LogP contribution in [-0.2, 0) is 19.5 Å². The lowest BCUT2D eigenvalue weighted by Gasteiger charge is -2.12. The largest absolute Gasteiger partial charge is 0.497 e. The van der Waals surface area contributed by atoms with Crippen molar-refractivity contribution < 1.29 is 9.53 Å². The van der Waals surface area contributed by atoms with Crippen LogP contribution in [0.1, 0.15) is 17.0 Å². The minimum absolute atomic E-state index is 0.191. The molecule has 4 aromatic rings. The number of fused-ring (bicyclic) bond motifs is 1. The summed E-state index contributed by atoms with van der Waals surface area (Å²) in [6.45, 7) is 0.939. The molecule has 168 valence electrons. The summed E-state index contributed by atoms with van der Waals surface area (Å²) in [7, 11) is 1.63. The Morgan fingerprint density at radius 2 is 1.73 bits per heavy atom. The Balaban J connectivity index is 1.42. The maximum Gasteiger partial charge on any atom is 0.315 e. The number of hydrogen-bond donors (Lipinski definition) is 2. The summed E-state index contributed by atoms with van der Waals surface area (Å²) in [6.07, 6.45) is 2.38. The highest BCUT2D eigenvalue weighted by Gasteiger charge is 2.12. The smallest absolute Gasteiger partial charge is 0.315 e. The molecule has 0 unspecified atom stereocenters. The number of carbonyl (C=O) groups is 1. The quantitative estimate of drug-likeness (QED) is 0.436. The van der Waals surface area contributed by atoms with Crippen LogP contribution in [0.4, 0.5) is 4.79 Å². The Labute approximate surface area is 191 Å². The molecule has 0 aliphatic rings. The third-order valence-electron chi connectivity index (χ3n) is 5.26. The maximum atomic E-state index is 12.9. The van der Waals surface area contributed by atoms with Gasteiger partial charge in [-0.2, -0.15) is 5.10 Å². The van der Waals surface area contributed by atoms with Crippen molar-refractivity contribution in [1.82, 2.24) is 25.4 Å². The van der Waals surface area contributed by atoms with Gasteiger partial charge in [0, 0.05) is 18.1 Å². The van der Waals surface area contributed by atoms with Gasteiger partial charge in [0.1, 0.15) is 5.75 Å². The Kier molecular flexibility index (Phi) is 6.94. The molecular weight excluding hydrogens is 418 g/mol. The lowest BCUT2D eigenvalue weighted by molar-refractivity contribution is 0.240. The summed E-state index contributed by atoms with van der Waals surface area (Å²) in [4.78, 5) is 29.5. The van der Waals surface area contributed by atoms with Gasteiger partial charge >= 0.3 is 6.03 Å². The Hall–Kier alpha value is -4.20. The van der Waals surface area contributed by atoms with E-state index in [0.717, 1.165) is 22.4 Å². The van der Waals surface area contributed by atoms with E-state index in [1.165, 1.54) is 4.68 Å². The van der Waals surface area contributed by atoms with Crippen molar-refractivity contribution in [2.24, 2.45) is 0 Å². The second-order valence-corrected chi connectivity index (χ2v) is 7.48. The molecule has 0 atom stereocenters. The number of benzene rings is 2. The molecule has 0 radical (unpaired) electrons. The van der Waals surface area contributed by atoms with Crippen LogP contribution in [0, 0.1) is 0 Å². The van der Waals surface area contributed by atoms with E-state index in [9.17, 15) is 9.59 Å². The van der Waals surface area contributed by atoms with E-state index in [0.29, 0.717) is 24.0 Å². The van der Waals surface area contributed by atoms with Crippen LogP contribution in [0.25, 0.3) is 10.8 Å². The summed E-state index contributed by atoms with van der Waals surface area (Å²) >= 11 is 0. The standard InChI is InChI=1S/C25H25N5O3/c1-33-20-11-9-18(10-12-20)13-15-27-25(32)28-16-23-21-7-2-3-8-22(21)24(31)30(29-23)17-19-6-4-5-14-26-19/h2-12,14H,13,15-17H2,1H3,(H2,27,28,32). The van der Waals surface area contributed by atoms with Crippen LogP contribution in [0.2, 0.25) is 0 Å². The number of hydrogen-bond acceptors (Lipinski definition) is 5. The first-order valence-electron chi connectivity index (χ1n) is 10.7. The number of urea groups is 1. The normalized spacial score (nSPS) is 10.7. The van der Waals surface area contributed by atoms with Gasteiger partial charge in [-0.3, -0.25) is 9.78 Å². The third-order valence-corrected chi connectivity index (χ3v) is 5.26. The van der Waals surface area contributed by atoms with Gasteiger partial charge in [0.15, 0.2) is 0 Å². The van der Waals surface area contributed by atoms with Crippen molar-refractivity contribution in [1.29, 1.82) is 0 Å². The molecule has 0 bridgehead atoms. The second kappa shape index (κ2) is 10.4. The van der Waals surface area contributed by atoms with Gasteiger partial charge < -0.3 is 15.4 Å². The van der Waals surface area contributed by atoms with Crippen LogP contribution in [0.5, 0.6) is 5.75 Å². The molecule has 4 rings (SSSR count). The van der Waals surface area contributed by atoms with E-state index in [4.69, 9.17) is 4.74 Å². The minimum Gasteiger partial charge on any atom is -0.497 e. The number of carbonyl (C=O) groups excluding carboxylic acids is 1. The molecule has 0 aliphatic carbocycles.